The Morgan fingerprint density at radius 1 is 1.29 bits per heavy atom. The number of ether oxygens (including phenoxy) is 1. The van der Waals surface area contributed by atoms with Crippen molar-refractivity contribution in [3.63, 3.8) is 0 Å². The molecule has 0 unspecified atom stereocenters. The summed E-state index contributed by atoms with van der Waals surface area (Å²) in [6.07, 6.45) is -1.25. The minimum Gasteiger partial charge on any atom is -0.394 e. The first-order chi connectivity index (χ1) is 6.61. The van der Waals surface area contributed by atoms with Crippen LogP contribution in [0.5, 0.6) is 0 Å². The SMILES string of the molecule is C=CC[C@@H]1O[C@H](CO)[C@@H](O)[C@H](O)[C@@H]1N. The number of rotatable bonds is 3. The second-order valence-corrected chi connectivity index (χ2v) is 3.48. The van der Waals surface area contributed by atoms with E-state index in [9.17, 15) is 10.2 Å². The van der Waals surface area contributed by atoms with Crippen molar-refractivity contribution in [1.29, 1.82) is 0 Å². The van der Waals surface area contributed by atoms with Crippen molar-refractivity contribution in [3.05, 3.63) is 12.7 Å². The molecule has 1 fully saturated rings. The van der Waals surface area contributed by atoms with Crippen molar-refractivity contribution in [2.45, 2.75) is 36.9 Å². The highest BCUT2D eigenvalue weighted by Gasteiger charge is 2.41. The van der Waals surface area contributed by atoms with Gasteiger partial charge in [0, 0.05) is 0 Å². The van der Waals surface area contributed by atoms with Crippen molar-refractivity contribution in [3.8, 4) is 0 Å². The second-order valence-electron chi connectivity index (χ2n) is 3.48. The summed E-state index contributed by atoms with van der Waals surface area (Å²) in [5, 5.41) is 27.9. The number of hydrogen-bond donors (Lipinski definition) is 4. The fraction of sp³-hybridized carbons (Fsp3) is 0.778. The minimum absolute atomic E-state index is 0.335. The molecule has 0 aromatic heterocycles. The summed E-state index contributed by atoms with van der Waals surface area (Å²) in [6.45, 7) is 3.21. The Hall–Kier alpha value is -0.460. The molecule has 1 aliphatic heterocycles. The van der Waals surface area contributed by atoms with Gasteiger partial charge in [-0.25, -0.2) is 0 Å². The maximum Gasteiger partial charge on any atom is 0.110 e. The van der Waals surface area contributed by atoms with E-state index >= 15 is 0 Å². The fourth-order valence-corrected chi connectivity index (χ4v) is 1.59. The third kappa shape index (κ3) is 2.13. The molecule has 0 amide bonds. The van der Waals surface area contributed by atoms with Gasteiger partial charge in [0.05, 0.1) is 18.8 Å². The molecule has 5 heteroatoms. The Morgan fingerprint density at radius 2 is 1.93 bits per heavy atom. The molecular formula is C9H17NO4. The molecule has 0 radical (unpaired) electrons. The van der Waals surface area contributed by atoms with E-state index in [0.29, 0.717) is 6.42 Å². The van der Waals surface area contributed by atoms with Crippen LogP contribution in [0.4, 0.5) is 0 Å². The quantitative estimate of drug-likeness (QED) is 0.413. The van der Waals surface area contributed by atoms with Crippen molar-refractivity contribution in [1.82, 2.24) is 0 Å². The van der Waals surface area contributed by atoms with Crippen molar-refractivity contribution in [2.24, 2.45) is 5.73 Å². The van der Waals surface area contributed by atoms with Gasteiger partial charge >= 0.3 is 0 Å². The number of aliphatic hydroxyl groups excluding tert-OH is 3. The van der Waals surface area contributed by atoms with Gasteiger partial charge in [-0.05, 0) is 6.42 Å². The van der Waals surface area contributed by atoms with Crippen LogP contribution in [-0.2, 0) is 4.74 Å². The highest BCUT2D eigenvalue weighted by Crippen LogP contribution is 2.21. The third-order valence-electron chi connectivity index (χ3n) is 2.48. The van der Waals surface area contributed by atoms with E-state index in [4.69, 9.17) is 15.6 Å². The molecule has 5 nitrogen and oxygen atoms in total. The number of aliphatic hydroxyl groups is 3. The largest absolute Gasteiger partial charge is 0.394 e. The maximum absolute atomic E-state index is 9.54. The van der Waals surface area contributed by atoms with Gasteiger partial charge in [-0.1, -0.05) is 6.08 Å². The lowest BCUT2D eigenvalue weighted by molar-refractivity contribution is -0.187. The zero-order valence-electron chi connectivity index (χ0n) is 7.91. The molecule has 1 heterocycles. The van der Waals surface area contributed by atoms with Crippen LogP contribution in [0.15, 0.2) is 12.7 Å². The van der Waals surface area contributed by atoms with Gasteiger partial charge in [-0.2, -0.15) is 0 Å². The molecule has 0 saturated carbocycles. The second kappa shape index (κ2) is 4.86. The normalized spacial score (nSPS) is 43.6. The van der Waals surface area contributed by atoms with Crippen LogP contribution < -0.4 is 5.73 Å². The minimum atomic E-state index is -1.13. The van der Waals surface area contributed by atoms with Crippen molar-refractivity contribution < 1.29 is 20.1 Å². The topological polar surface area (TPSA) is 95.9 Å². The van der Waals surface area contributed by atoms with Gasteiger partial charge in [0.1, 0.15) is 18.3 Å². The summed E-state index contributed by atoms with van der Waals surface area (Å²) in [7, 11) is 0. The van der Waals surface area contributed by atoms with Crippen LogP contribution in [0.1, 0.15) is 6.42 Å². The number of nitrogens with two attached hydrogens (primary N) is 1. The number of hydrogen-bond acceptors (Lipinski definition) is 5. The molecule has 0 aromatic carbocycles. The smallest absolute Gasteiger partial charge is 0.110 e. The molecule has 0 bridgehead atoms. The van der Waals surface area contributed by atoms with E-state index in [2.05, 4.69) is 6.58 Å². The lowest BCUT2D eigenvalue weighted by Crippen LogP contribution is -2.61. The Kier molecular flexibility index (Phi) is 4.03. The molecule has 1 aliphatic rings. The van der Waals surface area contributed by atoms with E-state index in [-0.39, 0.29) is 6.61 Å². The standard InChI is InChI=1S/C9H17NO4/c1-2-3-5-7(10)9(13)8(12)6(4-11)14-5/h2,5-9,11-13H,1,3-4,10H2/t5-,6+,7+,8+,9+/m0/s1. The Morgan fingerprint density at radius 3 is 2.43 bits per heavy atom. The molecule has 1 saturated heterocycles. The Balaban J connectivity index is 2.67. The van der Waals surface area contributed by atoms with E-state index < -0.39 is 30.5 Å². The summed E-state index contributed by atoms with van der Waals surface area (Å²) in [6, 6.07) is -0.647. The van der Waals surface area contributed by atoms with Gasteiger partial charge in [0.15, 0.2) is 0 Å². The van der Waals surface area contributed by atoms with E-state index in [1.165, 1.54) is 0 Å². The summed E-state index contributed by atoms with van der Waals surface area (Å²) in [5.74, 6) is 0. The van der Waals surface area contributed by atoms with Gasteiger partial charge in [-0.3, -0.25) is 0 Å². The summed E-state index contributed by atoms with van der Waals surface area (Å²) < 4.78 is 5.31. The highest BCUT2D eigenvalue weighted by molar-refractivity contribution is 4.96. The van der Waals surface area contributed by atoms with Crippen LogP contribution in [0, 0.1) is 0 Å². The fourth-order valence-electron chi connectivity index (χ4n) is 1.59. The van der Waals surface area contributed by atoms with Crippen LogP contribution >= 0.6 is 0 Å². The molecule has 0 aromatic rings. The lowest BCUT2D eigenvalue weighted by atomic mass is 9.92. The predicted molar refractivity (Wildman–Crippen MR) is 50.5 cm³/mol. The molecule has 1 rings (SSSR count). The molecule has 0 spiro atoms. The van der Waals surface area contributed by atoms with Crippen LogP contribution in [-0.4, -0.2) is 52.4 Å². The zero-order valence-corrected chi connectivity index (χ0v) is 7.91. The zero-order chi connectivity index (χ0) is 10.7. The highest BCUT2D eigenvalue weighted by atomic mass is 16.5. The van der Waals surface area contributed by atoms with Crippen molar-refractivity contribution >= 4 is 0 Å². The summed E-state index contributed by atoms with van der Waals surface area (Å²) in [5.41, 5.74) is 5.65. The molecule has 14 heavy (non-hydrogen) atoms. The molecule has 5 N–H and O–H groups in total. The third-order valence-corrected chi connectivity index (χ3v) is 2.48. The van der Waals surface area contributed by atoms with Gasteiger partial charge in [0.25, 0.3) is 0 Å². The first-order valence-electron chi connectivity index (χ1n) is 4.60. The summed E-state index contributed by atoms with van der Waals surface area (Å²) in [4.78, 5) is 0. The van der Waals surface area contributed by atoms with Gasteiger partial charge in [-0.15, -0.1) is 6.58 Å². The Bertz CT molecular complexity index is 197. The average molecular weight is 203 g/mol. The molecular weight excluding hydrogens is 186 g/mol. The predicted octanol–water partition coefficient (Wildman–Crippen LogP) is -1.63. The maximum atomic E-state index is 9.54. The van der Waals surface area contributed by atoms with Gasteiger partial charge < -0.3 is 25.8 Å². The van der Waals surface area contributed by atoms with Crippen molar-refractivity contribution in [2.75, 3.05) is 6.61 Å². The van der Waals surface area contributed by atoms with Crippen LogP contribution in [0.2, 0.25) is 0 Å². The van der Waals surface area contributed by atoms with Crippen LogP contribution in [0.25, 0.3) is 0 Å². The van der Waals surface area contributed by atoms with E-state index in [0.717, 1.165) is 0 Å². The van der Waals surface area contributed by atoms with Gasteiger partial charge in [0.2, 0.25) is 0 Å². The average Bonchev–Trinajstić information content (AvgIpc) is 2.19. The van der Waals surface area contributed by atoms with E-state index in [1.54, 1.807) is 6.08 Å². The molecule has 0 aliphatic carbocycles. The Labute approximate surface area is 82.8 Å². The molecule has 5 atom stereocenters. The van der Waals surface area contributed by atoms with E-state index in [1.807, 2.05) is 0 Å². The first-order valence-corrected chi connectivity index (χ1v) is 4.60. The molecule has 82 valence electrons. The lowest BCUT2D eigenvalue weighted by Gasteiger charge is -2.40. The first kappa shape index (κ1) is 11.6. The monoisotopic (exact) mass is 203 g/mol. The summed E-state index contributed by atoms with van der Waals surface area (Å²) >= 11 is 0. The van der Waals surface area contributed by atoms with Crippen LogP contribution in [0.3, 0.4) is 0 Å².